The molecule has 1 N–H and O–H groups in total. The molecule has 2 aromatic heterocycles. The molecule has 6 rings (SSSR count). The van der Waals surface area contributed by atoms with Gasteiger partial charge in [-0.3, -0.25) is 14.5 Å². The summed E-state index contributed by atoms with van der Waals surface area (Å²) in [7, 11) is 0. The van der Waals surface area contributed by atoms with E-state index in [1.165, 1.54) is 0 Å². The monoisotopic (exact) mass is 530 g/mol. The Hall–Kier alpha value is -3.84. The van der Waals surface area contributed by atoms with Crippen molar-refractivity contribution in [3.05, 3.63) is 63.7 Å². The Kier molecular flexibility index (Phi) is 5.72. The first-order valence-electron chi connectivity index (χ1n) is 12.7. The van der Waals surface area contributed by atoms with Gasteiger partial charge in [0.15, 0.2) is 5.69 Å². The molecule has 11 heteroatoms. The van der Waals surface area contributed by atoms with Crippen LogP contribution in [-0.2, 0) is 10.2 Å². The van der Waals surface area contributed by atoms with Crippen LogP contribution < -0.4 is 10.2 Å². The van der Waals surface area contributed by atoms with Crippen LogP contribution in [0.2, 0.25) is 5.02 Å². The molecule has 1 aliphatic heterocycles. The predicted molar refractivity (Wildman–Crippen MR) is 139 cm³/mol. The highest BCUT2D eigenvalue weighted by Crippen LogP contribution is 2.47. The van der Waals surface area contributed by atoms with Crippen LogP contribution in [-0.4, -0.2) is 49.4 Å². The van der Waals surface area contributed by atoms with Crippen molar-refractivity contribution in [3.8, 4) is 6.07 Å². The van der Waals surface area contributed by atoms with Gasteiger partial charge in [0, 0.05) is 41.0 Å². The molecule has 0 radical (unpaired) electrons. The molecular formula is C27H27ClN8O2. The van der Waals surface area contributed by atoms with Crippen molar-refractivity contribution in [1.29, 1.82) is 5.26 Å². The van der Waals surface area contributed by atoms with Crippen LogP contribution in [0.25, 0.3) is 0 Å². The fourth-order valence-electron chi connectivity index (χ4n) is 5.90. The molecule has 3 aliphatic rings. The van der Waals surface area contributed by atoms with E-state index in [9.17, 15) is 14.9 Å². The Bertz CT molecular complexity index is 1500. The summed E-state index contributed by atoms with van der Waals surface area (Å²) in [5, 5.41) is 21.4. The summed E-state index contributed by atoms with van der Waals surface area (Å²) in [6.07, 6.45) is 5.72. The Morgan fingerprint density at radius 1 is 1.34 bits per heavy atom. The Labute approximate surface area is 225 Å². The summed E-state index contributed by atoms with van der Waals surface area (Å²) in [6.45, 7) is 6.59. The van der Waals surface area contributed by atoms with E-state index in [4.69, 9.17) is 11.6 Å². The molecule has 0 spiro atoms. The second-order valence-electron chi connectivity index (χ2n) is 11.0. The minimum Gasteiger partial charge on any atom is -0.348 e. The molecule has 3 fully saturated rings. The number of nitriles is 1. The fourth-order valence-corrected chi connectivity index (χ4v) is 6.07. The molecule has 3 aromatic rings. The molecule has 2 saturated carbocycles. The third kappa shape index (κ3) is 4.11. The van der Waals surface area contributed by atoms with Crippen LogP contribution in [0.15, 0.2) is 30.6 Å². The number of aryl methyl sites for hydroxylation is 1. The number of anilines is 1. The highest BCUT2D eigenvalue weighted by molar-refractivity contribution is 6.30. The maximum Gasteiger partial charge on any atom is 0.273 e. The Morgan fingerprint density at radius 2 is 2.13 bits per heavy atom. The molecule has 1 aromatic carbocycles. The lowest BCUT2D eigenvalue weighted by Gasteiger charge is -2.46. The number of aromatic nitrogens is 5. The van der Waals surface area contributed by atoms with E-state index >= 15 is 0 Å². The summed E-state index contributed by atoms with van der Waals surface area (Å²) >= 11 is 6.17. The lowest BCUT2D eigenvalue weighted by atomic mass is 9.62. The average molecular weight is 531 g/mol. The van der Waals surface area contributed by atoms with Crippen molar-refractivity contribution in [2.24, 2.45) is 11.8 Å². The quantitative estimate of drug-likeness (QED) is 0.517. The van der Waals surface area contributed by atoms with Gasteiger partial charge in [-0.2, -0.15) is 5.26 Å². The average Bonchev–Trinajstić information content (AvgIpc) is 3.33. The van der Waals surface area contributed by atoms with E-state index in [-0.39, 0.29) is 40.9 Å². The maximum absolute atomic E-state index is 12.9. The van der Waals surface area contributed by atoms with Crippen LogP contribution in [0.1, 0.15) is 72.0 Å². The van der Waals surface area contributed by atoms with E-state index in [0.717, 1.165) is 23.2 Å². The fraction of sp³-hybridized carbons (Fsp3) is 0.444. The van der Waals surface area contributed by atoms with Gasteiger partial charge in [0.2, 0.25) is 11.9 Å². The molecule has 2 amide bonds. The molecule has 3 atom stereocenters. The van der Waals surface area contributed by atoms with Crippen molar-refractivity contribution < 1.29 is 9.59 Å². The molecule has 3 heterocycles. The summed E-state index contributed by atoms with van der Waals surface area (Å²) in [4.78, 5) is 36.0. The number of rotatable bonds is 6. The summed E-state index contributed by atoms with van der Waals surface area (Å²) in [6, 6.07) is 7.25. The summed E-state index contributed by atoms with van der Waals surface area (Å²) in [5.74, 6) is 0.869. The third-order valence-corrected chi connectivity index (χ3v) is 8.48. The van der Waals surface area contributed by atoms with Crippen molar-refractivity contribution in [2.75, 3.05) is 11.4 Å². The van der Waals surface area contributed by atoms with Crippen LogP contribution in [0.5, 0.6) is 0 Å². The van der Waals surface area contributed by atoms with Gasteiger partial charge in [-0.1, -0.05) is 23.7 Å². The maximum atomic E-state index is 12.9. The molecule has 1 saturated heterocycles. The number of benzene rings is 1. The molecular weight excluding hydrogens is 504 g/mol. The van der Waals surface area contributed by atoms with E-state index in [1.54, 1.807) is 34.1 Å². The first-order chi connectivity index (χ1) is 18.2. The highest BCUT2D eigenvalue weighted by atomic mass is 35.5. The van der Waals surface area contributed by atoms with Crippen molar-refractivity contribution >= 4 is 29.4 Å². The third-order valence-electron chi connectivity index (χ3n) is 8.24. The van der Waals surface area contributed by atoms with E-state index in [1.807, 2.05) is 19.9 Å². The van der Waals surface area contributed by atoms with Gasteiger partial charge < -0.3 is 5.32 Å². The largest absolute Gasteiger partial charge is 0.348 e. The smallest absolute Gasteiger partial charge is 0.273 e. The number of hydrogen-bond donors (Lipinski definition) is 1. The molecule has 2 aliphatic carbocycles. The minimum atomic E-state index is -0.295. The number of piperidine rings is 1. The SMILES string of the molecule is Cc1nc(N2C[C@H]3C[C@H]3C2=O)ncc1C(C)n1cc(C(=O)N[C@H]2C[C@@](C)(c3cc(Cl)ccc3C#N)C2)nn1. The number of carbonyl (C=O) groups is 2. The van der Waals surface area contributed by atoms with E-state index in [0.29, 0.717) is 41.8 Å². The molecule has 0 bridgehead atoms. The molecule has 38 heavy (non-hydrogen) atoms. The zero-order chi connectivity index (χ0) is 26.8. The molecule has 1 unspecified atom stereocenters. The number of carbonyl (C=O) groups excluding carboxylic acids is 2. The number of fused-ring (bicyclic) bond motifs is 1. The second-order valence-corrected chi connectivity index (χ2v) is 11.4. The van der Waals surface area contributed by atoms with Gasteiger partial charge in [-0.25, -0.2) is 14.6 Å². The van der Waals surface area contributed by atoms with Crippen LogP contribution in [0, 0.1) is 30.1 Å². The zero-order valence-corrected chi connectivity index (χ0v) is 22.1. The van der Waals surface area contributed by atoms with Gasteiger partial charge in [0.25, 0.3) is 5.91 Å². The van der Waals surface area contributed by atoms with Crippen LogP contribution in [0.3, 0.4) is 0 Å². The van der Waals surface area contributed by atoms with Crippen LogP contribution in [0.4, 0.5) is 5.95 Å². The lowest BCUT2D eigenvalue weighted by Crippen LogP contribution is -2.52. The van der Waals surface area contributed by atoms with Gasteiger partial charge in [-0.15, -0.1) is 5.10 Å². The number of nitrogens with zero attached hydrogens (tertiary/aromatic N) is 7. The first-order valence-corrected chi connectivity index (χ1v) is 13.1. The standard InChI is InChI=1S/C27H27ClN8O2/c1-14-21(11-30-26(31-14)35-12-17-6-20(17)25(35)38)15(2)36-13-23(33-34-36)24(37)32-19-8-27(3,9-19)22-7-18(28)5-4-16(22)10-29/h4-5,7,11,13,15,17,19-20H,6,8-9,12H2,1-3H3,(H,32,37)/t15?,17-,19-,20-,27+/m1/s1. The predicted octanol–water partition coefficient (Wildman–Crippen LogP) is 3.34. The van der Waals surface area contributed by atoms with Gasteiger partial charge in [0.1, 0.15) is 0 Å². The van der Waals surface area contributed by atoms with Gasteiger partial charge in [-0.05, 0) is 68.2 Å². The zero-order valence-electron chi connectivity index (χ0n) is 21.3. The van der Waals surface area contributed by atoms with Gasteiger partial charge in [0.05, 0.1) is 23.9 Å². The minimum absolute atomic E-state index is 0.0388. The number of hydrogen-bond acceptors (Lipinski definition) is 7. The second kappa shape index (κ2) is 8.88. The number of nitrogens with one attached hydrogen (secondary N) is 1. The lowest BCUT2D eigenvalue weighted by molar-refractivity contribution is -0.118. The first kappa shape index (κ1) is 24.5. The van der Waals surface area contributed by atoms with Gasteiger partial charge >= 0.3 is 0 Å². The van der Waals surface area contributed by atoms with Crippen molar-refractivity contribution in [1.82, 2.24) is 30.3 Å². The highest BCUT2D eigenvalue weighted by Gasteiger charge is 2.53. The number of halogens is 1. The summed E-state index contributed by atoms with van der Waals surface area (Å²) in [5.41, 5.74) is 3.10. The van der Waals surface area contributed by atoms with E-state index in [2.05, 4.69) is 38.6 Å². The number of amides is 2. The van der Waals surface area contributed by atoms with Crippen molar-refractivity contribution in [3.63, 3.8) is 0 Å². The normalized spacial score (nSPS) is 26.3. The molecule has 194 valence electrons. The van der Waals surface area contributed by atoms with Crippen LogP contribution >= 0.6 is 11.6 Å². The Morgan fingerprint density at radius 3 is 2.82 bits per heavy atom. The van der Waals surface area contributed by atoms with Crippen molar-refractivity contribution in [2.45, 2.75) is 57.5 Å². The topological polar surface area (TPSA) is 130 Å². The Balaban J connectivity index is 1.10. The summed E-state index contributed by atoms with van der Waals surface area (Å²) < 4.78 is 1.62. The molecule has 10 nitrogen and oxygen atoms in total. The van der Waals surface area contributed by atoms with E-state index < -0.39 is 0 Å².